The minimum atomic E-state index is -0.383. The van der Waals surface area contributed by atoms with Gasteiger partial charge in [0.05, 0.1) is 16.8 Å². The van der Waals surface area contributed by atoms with Crippen molar-refractivity contribution in [1.29, 1.82) is 0 Å². The van der Waals surface area contributed by atoms with Gasteiger partial charge in [0.25, 0.3) is 0 Å². The molecular formula is C53H34N2S. The Labute approximate surface area is 331 Å². The van der Waals surface area contributed by atoms with Crippen LogP contribution in [0.4, 0.5) is 0 Å². The fourth-order valence-corrected chi connectivity index (χ4v) is 10.2. The lowest BCUT2D eigenvalue weighted by molar-refractivity contribution is 0.722. The molecule has 1 spiro atoms. The molecule has 0 N–H and O–H groups in total. The second-order valence-electron chi connectivity index (χ2n) is 14.5. The van der Waals surface area contributed by atoms with Crippen LogP contribution in [0, 0.1) is 0 Å². The molecule has 8 aromatic carbocycles. The Morgan fingerprint density at radius 1 is 0.304 bits per heavy atom. The lowest BCUT2D eigenvalue weighted by Gasteiger charge is -2.39. The zero-order chi connectivity index (χ0) is 37.1. The summed E-state index contributed by atoms with van der Waals surface area (Å²) >= 11 is 1.88. The topological polar surface area (TPSA) is 25.8 Å². The van der Waals surface area contributed by atoms with Gasteiger partial charge in [-0.1, -0.05) is 194 Å². The van der Waals surface area contributed by atoms with Gasteiger partial charge in [-0.25, -0.2) is 9.97 Å². The first-order valence-corrected chi connectivity index (χ1v) is 19.9. The molecule has 2 nitrogen and oxygen atoms in total. The van der Waals surface area contributed by atoms with Gasteiger partial charge in [0.1, 0.15) is 0 Å². The predicted molar refractivity (Wildman–Crippen MR) is 231 cm³/mol. The van der Waals surface area contributed by atoms with Gasteiger partial charge in [-0.15, -0.1) is 0 Å². The highest BCUT2D eigenvalue weighted by Gasteiger charge is 2.50. The van der Waals surface area contributed by atoms with Crippen LogP contribution >= 0.6 is 11.8 Å². The lowest BCUT2D eigenvalue weighted by Crippen LogP contribution is -2.31. The van der Waals surface area contributed by atoms with Gasteiger partial charge < -0.3 is 0 Å². The molecule has 56 heavy (non-hydrogen) atoms. The average molecular weight is 731 g/mol. The van der Waals surface area contributed by atoms with E-state index < -0.39 is 0 Å². The second-order valence-corrected chi connectivity index (χ2v) is 15.6. The van der Waals surface area contributed by atoms with Crippen LogP contribution in [-0.4, -0.2) is 9.97 Å². The molecule has 0 radical (unpaired) electrons. The van der Waals surface area contributed by atoms with Crippen molar-refractivity contribution in [2.24, 2.45) is 0 Å². The van der Waals surface area contributed by atoms with Gasteiger partial charge in [0, 0.05) is 26.5 Å². The van der Waals surface area contributed by atoms with E-state index in [-0.39, 0.29) is 5.41 Å². The molecule has 1 aromatic heterocycles. The van der Waals surface area contributed by atoms with E-state index in [1.54, 1.807) is 0 Å². The minimum absolute atomic E-state index is 0.383. The Kier molecular flexibility index (Phi) is 7.68. The quantitative estimate of drug-likeness (QED) is 0.176. The van der Waals surface area contributed by atoms with E-state index in [1.165, 1.54) is 48.7 Å². The molecule has 2 heterocycles. The van der Waals surface area contributed by atoms with Crippen LogP contribution in [0.15, 0.2) is 216 Å². The summed E-state index contributed by atoms with van der Waals surface area (Å²) in [6.45, 7) is 0. The van der Waals surface area contributed by atoms with Crippen molar-refractivity contribution in [3.8, 4) is 67.3 Å². The van der Waals surface area contributed by atoms with Crippen LogP contribution < -0.4 is 0 Å². The molecule has 0 unspecified atom stereocenters. The first-order chi connectivity index (χ1) is 27.8. The van der Waals surface area contributed by atoms with Crippen molar-refractivity contribution < 1.29 is 0 Å². The molecule has 9 aromatic rings. The van der Waals surface area contributed by atoms with E-state index in [2.05, 4.69) is 188 Å². The molecule has 0 amide bonds. The maximum Gasteiger partial charge on any atom is 0.160 e. The summed E-state index contributed by atoms with van der Waals surface area (Å²) in [5.74, 6) is 0.706. The standard InChI is InChI=1S/C53H34N2S/c1-3-16-35(17-4-1)40-22-7-8-25-43(40)49-34-48(54-52(55-49)36-18-5-2-6-19-36)39-21-15-20-37(32-39)38-30-31-47-51(33-38)56-50-29-14-13-28-46(50)53(47)44-26-11-9-23-41(44)42-24-10-12-27-45(42)53/h1-34H. The van der Waals surface area contributed by atoms with Crippen molar-refractivity contribution in [1.82, 2.24) is 9.97 Å². The maximum atomic E-state index is 5.21. The van der Waals surface area contributed by atoms with Gasteiger partial charge in [-0.05, 0) is 79.9 Å². The summed E-state index contributed by atoms with van der Waals surface area (Å²) < 4.78 is 0. The van der Waals surface area contributed by atoms with Crippen molar-refractivity contribution in [2.75, 3.05) is 0 Å². The SMILES string of the molecule is c1ccc(-c2nc(-c3cccc(-c4ccc5c(c4)Sc4ccccc4C54c5ccccc5-c5ccccc54)c3)cc(-c3ccccc3-c3ccccc3)n2)cc1. The summed E-state index contributed by atoms with van der Waals surface area (Å²) in [6, 6.07) is 74.3. The summed E-state index contributed by atoms with van der Waals surface area (Å²) in [5, 5.41) is 0. The first-order valence-electron chi connectivity index (χ1n) is 19.1. The van der Waals surface area contributed by atoms with Gasteiger partial charge in [0.15, 0.2) is 5.82 Å². The molecule has 0 fully saturated rings. The molecular weight excluding hydrogens is 697 g/mol. The van der Waals surface area contributed by atoms with Crippen molar-refractivity contribution in [2.45, 2.75) is 15.2 Å². The summed E-state index contributed by atoms with van der Waals surface area (Å²) in [5.41, 5.74) is 17.2. The van der Waals surface area contributed by atoms with Crippen molar-refractivity contribution in [3.63, 3.8) is 0 Å². The molecule has 1 aliphatic heterocycles. The number of hydrogen-bond acceptors (Lipinski definition) is 3. The molecule has 1 aliphatic carbocycles. The highest BCUT2D eigenvalue weighted by molar-refractivity contribution is 7.99. The Morgan fingerprint density at radius 2 is 0.821 bits per heavy atom. The maximum absolute atomic E-state index is 5.21. The van der Waals surface area contributed by atoms with Gasteiger partial charge in [0.2, 0.25) is 0 Å². The van der Waals surface area contributed by atoms with E-state index in [0.717, 1.165) is 44.8 Å². The largest absolute Gasteiger partial charge is 0.228 e. The van der Waals surface area contributed by atoms with Gasteiger partial charge >= 0.3 is 0 Å². The monoisotopic (exact) mass is 730 g/mol. The van der Waals surface area contributed by atoms with Crippen LogP contribution in [0.5, 0.6) is 0 Å². The molecule has 3 heteroatoms. The Balaban J connectivity index is 1.06. The Morgan fingerprint density at radius 3 is 1.55 bits per heavy atom. The Hall–Kier alpha value is -6.81. The number of aromatic nitrogens is 2. The van der Waals surface area contributed by atoms with Crippen molar-refractivity contribution >= 4 is 11.8 Å². The second kappa shape index (κ2) is 13.2. The van der Waals surface area contributed by atoms with Crippen LogP contribution in [0.3, 0.4) is 0 Å². The van der Waals surface area contributed by atoms with Gasteiger partial charge in [-0.2, -0.15) is 0 Å². The molecule has 262 valence electrons. The number of benzene rings is 8. The third-order valence-corrected chi connectivity index (χ3v) is 12.5. The van der Waals surface area contributed by atoms with Crippen LogP contribution in [-0.2, 0) is 5.41 Å². The highest BCUT2D eigenvalue weighted by atomic mass is 32.2. The van der Waals surface area contributed by atoms with Gasteiger partial charge in [-0.3, -0.25) is 0 Å². The summed E-state index contributed by atoms with van der Waals surface area (Å²) in [6.07, 6.45) is 0. The molecule has 0 atom stereocenters. The highest BCUT2D eigenvalue weighted by Crippen LogP contribution is 2.62. The fraction of sp³-hybridized carbons (Fsp3) is 0.0189. The smallest absolute Gasteiger partial charge is 0.160 e. The molecule has 0 saturated carbocycles. The number of rotatable bonds is 5. The van der Waals surface area contributed by atoms with E-state index >= 15 is 0 Å². The van der Waals surface area contributed by atoms with E-state index in [1.807, 2.05) is 30.0 Å². The third kappa shape index (κ3) is 5.12. The van der Waals surface area contributed by atoms with Crippen LogP contribution in [0.2, 0.25) is 0 Å². The summed E-state index contributed by atoms with van der Waals surface area (Å²) in [4.78, 5) is 13.0. The number of fused-ring (bicyclic) bond motifs is 9. The minimum Gasteiger partial charge on any atom is -0.228 e. The van der Waals surface area contributed by atoms with E-state index in [4.69, 9.17) is 9.97 Å². The zero-order valence-electron chi connectivity index (χ0n) is 30.4. The lowest BCUT2D eigenvalue weighted by atomic mass is 9.67. The van der Waals surface area contributed by atoms with Crippen LogP contribution in [0.25, 0.3) is 67.3 Å². The molecule has 0 bridgehead atoms. The zero-order valence-corrected chi connectivity index (χ0v) is 31.2. The fourth-order valence-electron chi connectivity index (χ4n) is 8.92. The van der Waals surface area contributed by atoms with Crippen molar-refractivity contribution in [3.05, 3.63) is 229 Å². The molecule has 11 rings (SSSR count). The Bertz CT molecular complexity index is 2910. The normalized spacial score (nSPS) is 13.1. The molecule has 2 aliphatic rings. The predicted octanol–water partition coefficient (Wildman–Crippen LogP) is 13.6. The van der Waals surface area contributed by atoms with E-state index in [9.17, 15) is 0 Å². The molecule has 0 saturated heterocycles. The van der Waals surface area contributed by atoms with E-state index in [0.29, 0.717) is 5.82 Å². The van der Waals surface area contributed by atoms with Crippen LogP contribution in [0.1, 0.15) is 22.3 Å². The average Bonchev–Trinajstić information content (AvgIpc) is 3.57. The summed E-state index contributed by atoms with van der Waals surface area (Å²) in [7, 11) is 0. The number of nitrogens with zero attached hydrogens (tertiary/aromatic N) is 2. The first kappa shape index (κ1) is 32.6. The third-order valence-electron chi connectivity index (χ3n) is 11.4. The number of hydrogen-bond donors (Lipinski definition) is 0.